The normalized spacial score (nSPS) is 10.4. The minimum atomic E-state index is -0.281. The summed E-state index contributed by atoms with van der Waals surface area (Å²) in [4.78, 5) is 10.4. The molecule has 0 aromatic rings. The number of ether oxygens (including phenoxy) is 2. The van der Waals surface area contributed by atoms with Crippen molar-refractivity contribution in [2.45, 2.75) is 27.2 Å². The van der Waals surface area contributed by atoms with Crippen LogP contribution in [0.4, 0.5) is 0 Å². The number of aliphatic hydroxyl groups excluding tert-OH is 1. The molecule has 0 fully saturated rings. The first-order valence-electron chi connectivity index (χ1n) is 5.16. The van der Waals surface area contributed by atoms with Crippen LogP contribution in [0.2, 0.25) is 0 Å². The van der Waals surface area contributed by atoms with Crippen LogP contribution in [-0.4, -0.2) is 35.3 Å². The van der Waals surface area contributed by atoms with Gasteiger partial charge in [0.1, 0.15) is 0 Å². The van der Waals surface area contributed by atoms with E-state index in [1.807, 2.05) is 13.8 Å². The maximum atomic E-state index is 10.4. The Kier molecular flexibility index (Phi) is 22.1. The molecule has 0 bridgehead atoms. The van der Waals surface area contributed by atoms with Crippen LogP contribution in [0.25, 0.3) is 0 Å². The fourth-order valence-electron chi connectivity index (χ4n) is 0.522. The number of carbonyl (C=O) groups is 1. The van der Waals surface area contributed by atoms with Gasteiger partial charge in [-0.15, -0.1) is 0 Å². The SMILES string of the molecule is CCCO.[CH2-]C(COC(C)=O)CO[C](C)=[V].[W]. The number of aliphatic hydroxyl groups is 1. The van der Waals surface area contributed by atoms with E-state index in [0.29, 0.717) is 19.8 Å². The molecule has 1 N–H and O–H groups in total. The van der Waals surface area contributed by atoms with E-state index < -0.39 is 0 Å². The van der Waals surface area contributed by atoms with Gasteiger partial charge in [-0.3, -0.25) is 0 Å². The molecule has 0 radical (unpaired) electrons. The van der Waals surface area contributed by atoms with Crippen molar-refractivity contribution in [3.05, 3.63) is 6.92 Å². The standard InChI is InChI=1S/C8H13O3.C3H8O.V.W/c1-4-10-5-7(2)6-11-8(3)9;1-2-3-4;;/h7H,2,5-6H2,1,3H3;4H,2-3H2,1H3;;/q-1;;;. The summed E-state index contributed by atoms with van der Waals surface area (Å²) >= 11 is 2.30. The van der Waals surface area contributed by atoms with E-state index in [-0.39, 0.29) is 33.0 Å². The van der Waals surface area contributed by atoms with Gasteiger partial charge in [0.2, 0.25) is 0 Å². The first-order chi connectivity index (χ1) is 7.43. The van der Waals surface area contributed by atoms with Crippen LogP contribution in [0.3, 0.4) is 0 Å². The van der Waals surface area contributed by atoms with E-state index in [4.69, 9.17) is 14.6 Å². The average molecular weight is 452 g/mol. The molecule has 0 amide bonds. The molecule has 1 atom stereocenters. The topological polar surface area (TPSA) is 55.8 Å². The van der Waals surface area contributed by atoms with Crippen LogP contribution in [0.15, 0.2) is 0 Å². The third-order valence-electron chi connectivity index (χ3n) is 1.27. The molecular weight excluding hydrogens is 431 g/mol. The minimum Gasteiger partial charge on any atom is 0 e. The number of carbonyl (C=O) groups excluding carboxylic acids is 1. The van der Waals surface area contributed by atoms with Crippen LogP contribution in [0.1, 0.15) is 27.2 Å². The van der Waals surface area contributed by atoms with Crippen LogP contribution in [0, 0.1) is 12.8 Å². The van der Waals surface area contributed by atoms with Crippen molar-refractivity contribution in [2.75, 3.05) is 19.8 Å². The van der Waals surface area contributed by atoms with E-state index in [2.05, 4.69) is 23.9 Å². The van der Waals surface area contributed by atoms with E-state index in [0.717, 1.165) is 10.8 Å². The first kappa shape index (κ1) is 22.7. The average Bonchev–Trinajstić information content (AvgIpc) is 2.23. The summed E-state index contributed by atoms with van der Waals surface area (Å²) in [5.74, 6) is -0.287. The van der Waals surface area contributed by atoms with Crippen LogP contribution in [0.5, 0.6) is 0 Å². The molecule has 0 aliphatic heterocycles. The fourth-order valence-corrected chi connectivity index (χ4v) is 0.638. The molecule has 4 nitrogen and oxygen atoms in total. The van der Waals surface area contributed by atoms with Crippen molar-refractivity contribution < 1.29 is 57.4 Å². The zero-order valence-electron chi connectivity index (χ0n) is 10.6. The van der Waals surface area contributed by atoms with Gasteiger partial charge in [-0.05, 0) is 6.42 Å². The quantitative estimate of drug-likeness (QED) is 0.485. The molecule has 0 aromatic heterocycles. The van der Waals surface area contributed by atoms with Crippen molar-refractivity contribution in [1.29, 1.82) is 0 Å². The summed E-state index contributed by atoms with van der Waals surface area (Å²) in [6.45, 7) is 10.0. The maximum Gasteiger partial charge on any atom is 0 e. The second kappa shape index (κ2) is 16.5. The van der Waals surface area contributed by atoms with Gasteiger partial charge in [-0.1, -0.05) is 6.92 Å². The van der Waals surface area contributed by atoms with E-state index in [1.54, 1.807) is 0 Å². The van der Waals surface area contributed by atoms with Crippen LogP contribution in [-0.2, 0) is 52.3 Å². The van der Waals surface area contributed by atoms with Gasteiger partial charge in [0, 0.05) is 27.7 Å². The van der Waals surface area contributed by atoms with Gasteiger partial charge in [0.25, 0.3) is 0 Å². The Labute approximate surface area is 127 Å². The van der Waals surface area contributed by atoms with Crippen molar-refractivity contribution in [3.63, 3.8) is 0 Å². The Morgan fingerprint density at radius 3 is 2.06 bits per heavy atom. The largest absolute Gasteiger partial charge is 0 e. The number of rotatable bonds is 6. The Bertz CT molecular complexity index is 180. The van der Waals surface area contributed by atoms with Crippen LogP contribution >= 0.6 is 0 Å². The summed E-state index contributed by atoms with van der Waals surface area (Å²) in [5, 5.41) is 7.88. The Hall–Kier alpha value is 0.533. The summed E-state index contributed by atoms with van der Waals surface area (Å²) in [7, 11) is 0. The zero-order valence-corrected chi connectivity index (χ0v) is 15.0. The fraction of sp³-hybridized carbons (Fsp3) is 0.727. The second-order valence-electron chi connectivity index (χ2n) is 3.22. The third-order valence-corrected chi connectivity index (χ3v) is 1.48. The van der Waals surface area contributed by atoms with Gasteiger partial charge >= 0.3 is 81.5 Å². The summed E-state index contributed by atoms with van der Waals surface area (Å²) in [5.41, 5.74) is 0. The minimum absolute atomic E-state index is 0. The van der Waals surface area contributed by atoms with Gasteiger partial charge in [0.15, 0.2) is 0 Å². The van der Waals surface area contributed by atoms with Crippen molar-refractivity contribution in [1.82, 2.24) is 0 Å². The number of esters is 1. The molecule has 0 aromatic carbocycles. The zero-order chi connectivity index (χ0) is 13.0. The summed E-state index contributed by atoms with van der Waals surface area (Å²) in [6, 6.07) is 0. The van der Waals surface area contributed by atoms with Gasteiger partial charge in [-0.25, -0.2) is 0 Å². The van der Waals surface area contributed by atoms with Gasteiger partial charge < -0.3 is 5.11 Å². The molecular formula is C11H21O4VW-. The molecule has 0 heterocycles. The summed E-state index contributed by atoms with van der Waals surface area (Å²) in [6.07, 6.45) is 0.875. The van der Waals surface area contributed by atoms with Crippen molar-refractivity contribution in [2.24, 2.45) is 5.92 Å². The van der Waals surface area contributed by atoms with E-state index in [1.165, 1.54) is 6.92 Å². The van der Waals surface area contributed by atoms with Gasteiger partial charge in [0.05, 0.1) is 0 Å². The number of hydrogen-bond acceptors (Lipinski definition) is 4. The number of hydrogen-bond donors (Lipinski definition) is 1. The molecule has 0 aliphatic rings. The molecule has 0 saturated carbocycles. The van der Waals surface area contributed by atoms with Crippen molar-refractivity contribution >= 4 is 10.4 Å². The Balaban J connectivity index is -0.000000340. The molecule has 6 heteroatoms. The van der Waals surface area contributed by atoms with Gasteiger partial charge in [-0.2, -0.15) is 0 Å². The molecule has 101 valence electrons. The van der Waals surface area contributed by atoms with E-state index >= 15 is 0 Å². The molecule has 0 saturated heterocycles. The summed E-state index contributed by atoms with van der Waals surface area (Å²) < 4.78 is 10.7. The molecule has 1 unspecified atom stereocenters. The predicted molar refractivity (Wildman–Crippen MR) is 59.5 cm³/mol. The first-order valence-corrected chi connectivity index (χ1v) is 5.86. The van der Waals surface area contributed by atoms with Crippen molar-refractivity contribution in [3.8, 4) is 0 Å². The predicted octanol–water partition coefficient (Wildman–Crippen LogP) is 1.10. The van der Waals surface area contributed by atoms with E-state index in [9.17, 15) is 4.79 Å². The Morgan fingerprint density at radius 1 is 1.35 bits per heavy atom. The molecule has 17 heavy (non-hydrogen) atoms. The molecule has 0 spiro atoms. The third kappa shape index (κ3) is 26.3. The monoisotopic (exact) mass is 452 g/mol. The molecule has 0 aliphatic carbocycles. The Morgan fingerprint density at radius 2 is 1.76 bits per heavy atom. The smallest absolute Gasteiger partial charge is 0 e. The molecule has 0 rings (SSSR count). The van der Waals surface area contributed by atoms with Crippen LogP contribution < -0.4 is 0 Å². The second-order valence-corrected chi connectivity index (χ2v) is 4.21. The maximum absolute atomic E-state index is 10.4.